The summed E-state index contributed by atoms with van der Waals surface area (Å²) in [5, 5.41) is -0.253. The van der Waals surface area contributed by atoms with Crippen molar-refractivity contribution in [2.24, 2.45) is 5.73 Å². The van der Waals surface area contributed by atoms with Crippen LogP contribution < -0.4 is 5.73 Å². The Morgan fingerprint density at radius 2 is 1.67 bits per heavy atom. The molecule has 15 heavy (non-hydrogen) atoms. The highest BCUT2D eigenvalue weighted by Gasteiger charge is 2.22. The fraction of sp³-hybridized carbons (Fsp3) is 0.909. The Balaban J connectivity index is 4.13. The van der Waals surface area contributed by atoms with Crippen LogP contribution in [-0.2, 0) is 0 Å². The van der Waals surface area contributed by atoms with Crippen LogP contribution in [0.15, 0.2) is 0 Å². The average molecular weight is 233 g/mol. The van der Waals surface area contributed by atoms with Crippen LogP contribution in [0.2, 0.25) is 0 Å². The Kier molecular flexibility index (Phi) is 7.88. The molecule has 0 radical (unpaired) electrons. The van der Waals surface area contributed by atoms with Gasteiger partial charge >= 0.3 is 0 Å². The molecule has 0 atom stereocenters. The third-order valence-electron chi connectivity index (χ3n) is 2.88. The second-order valence-electron chi connectivity index (χ2n) is 4.00. The monoisotopic (exact) mass is 233 g/mol. The molecule has 4 heteroatoms. The number of amides is 1. The minimum atomic E-state index is -0.253. The molecule has 3 nitrogen and oxygen atoms in total. The van der Waals surface area contributed by atoms with E-state index < -0.39 is 0 Å². The first kappa shape index (κ1) is 14.8. The molecule has 0 aliphatic heterocycles. The summed E-state index contributed by atoms with van der Waals surface area (Å²) in [6.45, 7) is 11.3. The molecule has 0 aromatic rings. The highest BCUT2D eigenvalue weighted by molar-refractivity contribution is 8.13. The lowest BCUT2D eigenvalue weighted by Gasteiger charge is -2.37. The first-order chi connectivity index (χ1) is 7.10. The van der Waals surface area contributed by atoms with Gasteiger partial charge in [0, 0.05) is 0 Å². The summed E-state index contributed by atoms with van der Waals surface area (Å²) in [5.74, 6) is 0.850. The van der Waals surface area contributed by atoms with Crippen LogP contribution in [0.4, 0.5) is 4.79 Å². The van der Waals surface area contributed by atoms with Gasteiger partial charge in [0.2, 0.25) is 0 Å². The molecular formula is C11H25N2OS+. The predicted molar refractivity (Wildman–Crippen MR) is 68.0 cm³/mol. The van der Waals surface area contributed by atoms with Crippen molar-refractivity contribution in [2.45, 2.75) is 33.6 Å². The lowest BCUT2D eigenvalue weighted by atomic mass is 10.2. The summed E-state index contributed by atoms with van der Waals surface area (Å²) in [5.41, 5.74) is 5.13. The molecule has 1 amide bonds. The first-order valence-electron chi connectivity index (χ1n) is 5.87. The van der Waals surface area contributed by atoms with Crippen LogP contribution in [0.25, 0.3) is 0 Å². The zero-order valence-electron chi connectivity index (χ0n) is 10.3. The van der Waals surface area contributed by atoms with Crippen LogP contribution >= 0.6 is 11.8 Å². The lowest BCUT2D eigenvalue weighted by Crippen LogP contribution is -2.50. The van der Waals surface area contributed by atoms with Crippen LogP contribution in [-0.4, -0.2) is 41.7 Å². The molecule has 2 N–H and O–H groups in total. The highest BCUT2D eigenvalue weighted by atomic mass is 32.2. The maximum Gasteiger partial charge on any atom is 0.276 e. The molecule has 0 bridgehead atoms. The average Bonchev–Trinajstić information content (AvgIpc) is 2.17. The maximum atomic E-state index is 10.7. The Hall–Kier alpha value is -0.220. The van der Waals surface area contributed by atoms with Crippen molar-refractivity contribution in [2.75, 3.05) is 31.9 Å². The van der Waals surface area contributed by atoms with Gasteiger partial charge in [0.15, 0.2) is 0 Å². The number of rotatable bonds is 8. The number of nitrogens with zero attached hydrogens (tertiary/aromatic N) is 1. The SMILES string of the molecule is CCC[N+](CC)(CCC)CCSC(N)=O. The molecule has 0 saturated carbocycles. The number of carbonyl (C=O) groups is 1. The smallest absolute Gasteiger partial charge is 0.276 e. The first-order valence-corrected chi connectivity index (χ1v) is 6.86. The minimum Gasteiger partial charge on any atom is -0.361 e. The molecule has 0 aliphatic carbocycles. The van der Waals surface area contributed by atoms with E-state index in [0.717, 1.165) is 23.3 Å². The molecule has 0 fully saturated rings. The van der Waals surface area contributed by atoms with Gasteiger partial charge in [-0.2, -0.15) is 0 Å². The van der Waals surface area contributed by atoms with E-state index in [4.69, 9.17) is 5.73 Å². The number of hydrogen-bond acceptors (Lipinski definition) is 2. The fourth-order valence-electron chi connectivity index (χ4n) is 2.10. The largest absolute Gasteiger partial charge is 0.361 e. The van der Waals surface area contributed by atoms with E-state index in [-0.39, 0.29) is 5.24 Å². The molecule has 90 valence electrons. The molecule has 0 aromatic heterocycles. The van der Waals surface area contributed by atoms with Gasteiger partial charge in [-0.05, 0) is 19.8 Å². The van der Waals surface area contributed by atoms with E-state index in [1.54, 1.807) is 0 Å². The number of carbonyl (C=O) groups excluding carboxylic acids is 1. The molecule has 0 saturated heterocycles. The molecule has 0 aliphatic rings. The number of nitrogens with two attached hydrogens (primary N) is 1. The number of primary amides is 1. The van der Waals surface area contributed by atoms with E-state index in [9.17, 15) is 4.79 Å². The third-order valence-corrected chi connectivity index (χ3v) is 3.55. The second-order valence-corrected chi connectivity index (χ2v) is 5.10. The van der Waals surface area contributed by atoms with Crippen LogP contribution in [0.1, 0.15) is 33.6 Å². The van der Waals surface area contributed by atoms with Crippen LogP contribution in [0.5, 0.6) is 0 Å². The molecule has 0 rings (SSSR count). The van der Waals surface area contributed by atoms with Gasteiger partial charge in [-0.3, -0.25) is 4.79 Å². The summed E-state index contributed by atoms with van der Waals surface area (Å²) >= 11 is 1.25. The highest BCUT2D eigenvalue weighted by Crippen LogP contribution is 2.12. The normalized spacial score (nSPS) is 11.7. The van der Waals surface area contributed by atoms with Crippen LogP contribution in [0.3, 0.4) is 0 Å². The molecule has 0 heterocycles. The van der Waals surface area contributed by atoms with Crippen molar-refractivity contribution >= 4 is 17.0 Å². The number of quaternary nitrogens is 1. The van der Waals surface area contributed by atoms with E-state index in [1.165, 1.54) is 37.7 Å². The molecule has 0 aromatic carbocycles. The molecule has 0 unspecified atom stereocenters. The van der Waals surface area contributed by atoms with E-state index in [1.807, 2.05) is 0 Å². The Bertz CT molecular complexity index is 179. The van der Waals surface area contributed by atoms with Crippen molar-refractivity contribution in [1.82, 2.24) is 0 Å². The topological polar surface area (TPSA) is 43.1 Å². The maximum absolute atomic E-state index is 10.7. The summed E-state index contributed by atoms with van der Waals surface area (Å²) in [7, 11) is 0. The van der Waals surface area contributed by atoms with Gasteiger partial charge in [0.25, 0.3) is 5.24 Å². The Morgan fingerprint density at radius 1 is 1.13 bits per heavy atom. The Morgan fingerprint density at radius 3 is 2.00 bits per heavy atom. The van der Waals surface area contributed by atoms with Crippen molar-refractivity contribution in [3.05, 3.63) is 0 Å². The van der Waals surface area contributed by atoms with Gasteiger partial charge in [0.05, 0.1) is 31.9 Å². The summed E-state index contributed by atoms with van der Waals surface area (Å²) in [4.78, 5) is 10.7. The zero-order chi connectivity index (χ0) is 11.7. The van der Waals surface area contributed by atoms with Crippen molar-refractivity contribution in [1.29, 1.82) is 0 Å². The zero-order valence-corrected chi connectivity index (χ0v) is 11.1. The van der Waals surface area contributed by atoms with E-state index in [0.29, 0.717) is 0 Å². The van der Waals surface area contributed by atoms with E-state index >= 15 is 0 Å². The summed E-state index contributed by atoms with van der Waals surface area (Å²) in [6, 6.07) is 0. The number of hydrogen-bond donors (Lipinski definition) is 1. The van der Waals surface area contributed by atoms with Gasteiger partial charge in [-0.1, -0.05) is 25.6 Å². The molecular weight excluding hydrogens is 208 g/mol. The van der Waals surface area contributed by atoms with Gasteiger partial charge in [-0.15, -0.1) is 0 Å². The van der Waals surface area contributed by atoms with Gasteiger partial charge < -0.3 is 10.2 Å². The third kappa shape index (κ3) is 6.05. The summed E-state index contributed by atoms with van der Waals surface area (Å²) in [6.07, 6.45) is 2.41. The standard InChI is InChI=1S/C11H24N2OS/c1-4-7-13(6-3,8-5-2)9-10-15-11(12)14/h4-10H2,1-3H3,(H-,12,14)/p+1. The van der Waals surface area contributed by atoms with Gasteiger partial charge in [0.1, 0.15) is 0 Å². The predicted octanol–water partition coefficient (Wildman–Crippen LogP) is 2.46. The van der Waals surface area contributed by atoms with Crippen molar-refractivity contribution < 1.29 is 9.28 Å². The number of thioether (sulfide) groups is 1. The second kappa shape index (κ2) is 7.99. The van der Waals surface area contributed by atoms with Crippen molar-refractivity contribution in [3.63, 3.8) is 0 Å². The fourth-order valence-corrected chi connectivity index (χ4v) is 2.78. The lowest BCUT2D eigenvalue weighted by molar-refractivity contribution is -0.924. The van der Waals surface area contributed by atoms with Gasteiger partial charge in [-0.25, -0.2) is 0 Å². The summed E-state index contributed by atoms with van der Waals surface area (Å²) < 4.78 is 1.13. The van der Waals surface area contributed by atoms with Crippen molar-refractivity contribution in [3.8, 4) is 0 Å². The molecule has 0 spiro atoms. The minimum absolute atomic E-state index is 0.253. The van der Waals surface area contributed by atoms with E-state index in [2.05, 4.69) is 20.8 Å². The Labute approximate surface area is 98.0 Å². The van der Waals surface area contributed by atoms with Crippen LogP contribution in [0, 0.1) is 0 Å². The quantitative estimate of drug-likeness (QED) is 0.654.